The molecular formula is C11H13BrF3N. The number of rotatable bonds is 2. The summed E-state index contributed by atoms with van der Waals surface area (Å²) in [5.41, 5.74) is 5.65. The van der Waals surface area contributed by atoms with Crippen LogP contribution in [-0.4, -0.2) is 0 Å². The standard InChI is InChI=1S/C11H13BrF3N/c1-6(2)10(16)7-3-8(11(13,14)15)5-9(12)4-7/h3-6,10H,16H2,1-2H3/t10-/m0/s1. The predicted molar refractivity (Wildman–Crippen MR) is 60.9 cm³/mol. The molecule has 1 atom stereocenters. The van der Waals surface area contributed by atoms with Crippen LogP contribution in [0, 0.1) is 5.92 Å². The zero-order chi connectivity index (χ0) is 12.5. The Bertz CT molecular complexity index is 374. The average Bonchev–Trinajstić information content (AvgIpc) is 2.14. The van der Waals surface area contributed by atoms with Crippen LogP contribution in [0.15, 0.2) is 22.7 Å². The van der Waals surface area contributed by atoms with E-state index in [1.54, 1.807) is 6.07 Å². The molecule has 0 unspecified atom stereocenters. The summed E-state index contributed by atoms with van der Waals surface area (Å²) in [5.74, 6) is 0.0929. The van der Waals surface area contributed by atoms with Crippen LogP contribution in [-0.2, 0) is 6.18 Å². The summed E-state index contributed by atoms with van der Waals surface area (Å²) < 4.78 is 38.0. The minimum Gasteiger partial charge on any atom is -0.324 e. The molecular weight excluding hydrogens is 283 g/mol. The molecule has 0 saturated carbocycles. The first-order valence-electron chi connectivity index (χ1n) is 4.85. The van der Waals surface area contributed by atoms with Crippen molar-refractivity contribution in [3.63, 3.8) is 0 Å². The summed E-state index contributed by atoms with van der Waals surface area (Å²) in [6.45, 7) is 3.75. The first-order valence-corrected chi connectivity index (χ1v) is 5.64. The van der Waals surface area contributed by atoms with Crippen LogP contribution in [0.1, 0.15) is 31.0 Å². The highest BCUT2D eigenvalue weighted by Crippen LogP contribution is 2.34. The van der Waals surface area contributed by atoms with Gasteiger partial charge >= 0.3 is 6.18 Å². The van der Waals surface area contributed by atoms with E-state index in [1.165, 1.54) is 0 Å². The second-order valence-electron chi connectivity index (χ2n) is 4.04. The van der Waals surface area contributed by atoms with Gasteiger partial charge in [0, 0.05) is 10.5 Å². The third kappa shape index (κ3) is 3.22. The van der Waals surface area contributed by atoms with Crippen molar-refractivity contribution < 1.29 is 13.2 Å². The number of alkyl halides is 3. The molecule has 90 valence electrons. The normalized spacial score (nSPS) is 14.2. The maximum atomic E-state index is 12.6. The first kappa shape index (κ1) is 13.5. The molecule has 1 nitrogen and oxygen atoms in total. The molecule has 0 aliphatic heterocycles. The molecule has 0 fully saturated rings. The van der Waals surface area contributed by atoms with Gasteiger partial charge in [0.15, 0.2) is 0 Å². The van der Waals surface area contributed by atoms with Gasteiger partial charge in [0.2, 0.25) is 0 Å². The lowest BCUT2D eigenvalue weighted by atomic mass is 9.95. The van der Waals surface area contributed by atoms with Gasteiger partial charge < -0.3 is 5.73 Å². The van der Waals surface area contributed by atoms with Gasteiger partial charge in [0.05, 0.1) is 5.56 Å². The van der Waals surface area contributed by atoms with Gasteiger partial charge in [-0.15, -0.1) is 0 Å². The minimum atomic E-state index is -4.34. The van der Waals surface area contributed by atoms with E-state index in [-0.39, 0.29) is 5.92 Å². The maximum Gasteiger partial charge on any atom is 0.416 e. The zero-order valence-corrected chi connectivity index (χ0v) is 10.6. The molecule has 0 aliphatic rings. The van der Waals surface area contributed by atoms with Crippen LogP contribution < -0.4 is 5.73 Å². The predicted octanol–water partition coefficient (Wildman–Crippen LogP) is 4.12. The minimum absolute atomic E-state index is 0.0929. The van der Waals surface area contributed by atoms with Crippen LogP contribution in [0.5, 0.6) is 0 Å². The zero-order valence-electron chi connectivity index (χ0n) is 8.98. The Morgan fingerprint density at radius 2 is 1.75 bits per heavy atom. The molecule has 1 rings (SSSR count). The molecule has 16 heavy (non-hydrogen) atoms. The van der Waals surface area contributed by atoms with Crippen molar-refractivity contribution in [1.82, 2.24) is 0 Å². The second kappa shape index (κ2) is 4.75. The van der Waals surface area contributed by atoms with Gasteiger partial charge in [0.25, 0.3) is 0 Å². The van der Waals surface area contributed by atoms with Crippen molar-refractivity contribution in [2.45, 2.75) is 26.1 Å². The summed E-state index contributed by atoms with van der Waals surface area (Å²) >= 11 is 3.07. The molecule has 0 amide bonds. The molecule has 1 aromatic rings. The molecule has 2 N–H and O–H groups in total. The maximum absolute atomic E-state index is 12.6. The molecule has 0 heterocycles. The van der Waals surface area contributed by atoms with Crippen LogP contribution in [0.3, 0.4) is 0 Å². The van der Waals surface area contributed by atoms with E-state index in [0.29, 0.717) is 10.0 Å². The molecule has 1 aromatic carbocycles. The quantitative estimate of drug-likeness (QED) is 0.872. The van der Waals surface area contributed by atoms with Crippen LogP contribution in [0.2, 0.25) is 0 Å². The fourth-order valence-electron chi connectivity index (χ4n) is 1.35. The van der Waals surface area contributed by atoms with Crippen LogP contribution >= 0.6 is 15.9 Å². The Kier molecular flexibility index (Phi) is 4.02. The van der Waals surface area contributed by atoms with Gasteiger partial charge in [-0.05, 0) is 29.7 Å². The van der Waals surface area contributed by atoms with Gasteiger partial charge in [0.1, 0.15) is 0 Å². The number of benzene rings is 1. The summed E-state index contributed by atoms with van der Waals surface area (Å²) in [6.07, 6.45) is -4.34. The molecule has 0 bridgehead atoms. The third-order valence-corrected chi connectivity index (χ3v) is 2.81. The van der Waals surface area contributed by atoms with Crippen molar-refractivity contribution in [3.05, 3.63) is 33.8 Å². The van der Waals surface area contributed by atoms with Crippen molar-refractivity contribution in [1.29, 1.82) is 0 Å². The largest absolute Gasteiger partial charge is 0.416 e. The highest BCUT2D eigenvalue weighted by Gasteiger charge is 2.31. The molecule has 0 aromatic heterocycles. The molecule has 5 heteroatoms. The highest BCUT2D eigenvalue weighted by atomic mass is 79.9. The number of nitrogens with two attached hydrogens (primary N) is 1. The summed E-state index contributed by atoms with van der Waals surface area (Å²) in [6, 6.07) is 3.39. The van der Waals surface area contributed by atoms with E-state index in [4.69, 9.17) is 5.73 Å². The lowest BCUT2D eigenvalue weighted by molar-refractivity contribution is -0.137. The van der Waals surface area contributed by atoms with E-state index in [0.717, 1.165) is 12.1 Å². The average molecular weight is 296 g/mol. The number of hydrogen-bond acceptors (Lipinski definition) is 1. The Balaban J connectivity index is 3.18. The molecule has 0 aliphatic carbocycles. The van der Waals surface area contributed by atoms with Crippen LogP contribution in [0.4, 0.5) is 13.2 Å². The van der Waals surface area contributed by atoms with Gasteiger partial charge in [-0.3, -0.25) is 0 Å². The lowest BCUT2D eigenvalue weighted by Gasteiger charge is -2.18. The van der Waals surface area contributed by atoms with Crippen molar-refractivity contribution in [3.8, 4) is 0 Å². The smallest absolute Gasteiger partial charge is 0.324 e. The van der Waals surface area contributed by atoms with E-state index < -0.39 is 17.8 Å². The monoisotopic (exact) mass is 295 g/mol. The lowest BCUT2D eigenvalue weighted by Crippen LogP contribution is -2.17. The van der Waals surface area contributed by atoms with E-state index in [1.807, 2.05) is 13.8 Å². The Hall–Kier alpha value is -0.550. The van der Waals surface area contributed by atoms with Crippen molar-refractivity contribution in [2.75, 3.05) is 0 Å². The molecule has 0 spiro atoms. The van der Waals surface area contributed by atoms with Crippen LogP contribution in [0.25, 0.3) is 0 Å². The van der Waals surface area contributed by atoms with Crippen molar-refractivity contribution in [2.24, 2.45) is 11.7 Å². The molecule has 0 saturated heterocycles. The number of hydrogen-bond donors (Lipinski definition) is 1. The highest BCUT2D eigenvalue weighted by molar-refractivity contribution is 9.10. The van der Waals surface area contributed by atoms with Gasteiger partial charge in [-0.2, -0.15) is 13.2 Å². The summed E-state index contributed by atoms with van der Waals surface area (Å²) in [7, 11) is 0. The second-order valence-corrected chi connectivity index (χ2v) is 4.96. The van der Waals surface area contributed by atoms with E-state index in [9.17, 15) is 13.2 Å². The van der Waals surface area contributed by atoms with E-state index >= 15 is 0 Å². The Labute approximate surface area is 101 Å². The Morgan fingerprint density at radius 1 is 1.19 bits per heavy atom. The van der Waals surface area contributed by atoms with Crippen molar-refractivity contribution >= 4 is 15.9 Å². The summed E-state index contributed by atoms with van der Waals surface area (Å²) in [4.78, 5) is 0. The fourth-order valence-corrected chi connectivity index (χ4v) is 1.86. The number of halogens is 4. The topological polar surface area (TPSA) is 26.0 Å². The summed E-state index contributed by atoms with van der Waals surface area (Å²) in [5, 5.41) is 0. The fraction of sp³-hybridized carbons (Fsp3) is 0.455. The van der Waals surface area contributed by atoms with E-state index in [2.05, 4.69) is 15.9 Å². The Morgan fingerprint density at radius 3 is 2.19 bits per heavy atom. The first-order chi connectivity index (χ1) is 7.21. The molecule has 0 radical (unpaired) electrons. The third-order valence-electron chi connectivity index (χ3n) is 2.35. The SMILES string of the molecule is CC(C)[C@H](N)c1cc(Br)cc(C(F)(F)F)c1. The van der Waals surface area contributed by atoms with Gasteiger partial charge in [-0.25, -0.2) is 0 Å². The van der Waals surface area contributed by atoms with Gasteiger partial charge in [-0.1, -0.05) is 29.8 Å².